The van der Waals surface area contributed by atoms with Crippen molar-refractivity contribution >= 4 is 54.8 Å². The van der Waals surface area contributed by atoms with Crippen LogP contribution in [0.1, 0.15) is 25.3 Å². The van der Waals surface area contributed by atoms with Crippen LogP contribution in [0.5, 0.6) is 0 Å². The van der Waals surface area contributed by atoms with Gasteiger partial charge in [-0.3, -0.25) is 4.79 Å². The molecule has 0 bridgehead atoms. The summed E-state index contributed by atoms with van der Waals surface area (Å²) >= 11 is 8.71. The molecule has 0 amide bonds. The van der Waals surface area contributed by atoms with Crippen LogP contribution in [-0.4, -0.2) is 30.5 Å². The number of anilines is 1. The van der Waals surface area contributed by atoms with E-state index in [9.17, 15) is 13.2 Å². The number of sulfonamides is 1. The fourth-order valence-corrected chi connectivity index (χ4v) is 4.39. The van der Waals surface area contributed by atoms with E-state index < -0.39 is 22.0 Å². The number of nitrogens with one attached hydrogen (secondary N) is 2. The van der Waals surface area contributed by atoms with Crippen molar-refractivity contribution in [1.82, 2.24) is 4.72 Å². The normalized spacial score (nSPS) is 12.4. The molecule has 2 rings (SSSR count). The van der Waals surface area contributed by atoms with Crippen molar-refractivity contribution in [2.24, 2.45) is 0 Å². The average Bonchev–Trinajstić information content (AvgIpc) is 2.63. The Morgan fingerprint density at radius 1 is 1.14 bits per heavy atom. The van der Waals surface area contributed by atoms with Gasteiger partial charge in [-0.15, -0.1) is 0 Å². The van der Waals surface area contributed by atoms with Gasteiger partial charge in [0, 0.05) is 10.2 Å². The van der Waals surface area contributed by atoms with Crippen LogP contribution in [0.3, 0.4) is 0 Å². The molecule has 0 saturated carbocycles. The average molecular weight is 485 g/mol. The van der Waals surface area contributed by atoms with Crippen LogP contribution in [0.2, 0.25) is 0 Å². The van der Waals surface area contributed by atoms with E-state index in [1.165, 1.54) is 12.1 Å². The first-order valence-corrected chi connectivity index (χ1v) is 11.3. The molecule has 0 spiro atoms. The number of rotatable bonds is 9. The third-order valence-corrected chi connectivity index (χ3v) is 6.29. The summed E-state index contributed by atoms with van der Waals surface area (Å²) in [6, 6.07) is 12.6. The van der Waals surface area contributed by atoms with Crippen molar-refractivity contribution in [3.63, 3.8) is 0 Å². The number of aliphatic carboxylic acids is 1. The van der Waals surface area contributed by atoms with Crippen LogP contribution in [0.4, 0.5) is 5.69 Å². The van der Waals surface area contributed by atoms with Crippen LogP contribution in [-0.2, 0) is 21.2 Å². The molecule has 0 aromatic heterocycles. The monoisotopic (exact) mass is 484 g/mol. The van der Waals surface area contributed by atoms with E-state index in [1.54, 1.807) is 36.4 Å². The number of thiocarbonyl (C=S) groups is 1. The second-order valence-electron chi connectivity index (χ2n) is 6.17. The maximum atomic E-state index is 12.7. The van der Waals surface area contributed by atoms with Crippen molar-refractivity contribution in [3.8, 4) is 0 Å². The molecule has 3 N–H and O–H groups in total. The van der Waals surface area contributed by atoms with E-state index in [4.69, 9.17) is 17.3 Å². The number of hydrogen-bond donors (Lipinski definition) is 3. The summed E-state index contributed by atoms with van der Waals surface area (Å²) in [5.74, 6) is -0.901. The molecule has 0 saturated heterocycles. The van der Waals surface area contributed by atoms with Gasteiger partial charge in [0.05, 0.1) is 22.3 Å². The van der Waals surface area contributed by atoms with E-state index in [0.29, 0.717) is 22.7 Å². The van der Waals surface area contributed by atoms with Crippen molar-refractivity contribution in [2.45, 2.75) is 37.1 Å². The summed E-state index contributed by atoms with van der Waals surface area (Å²) in [6.07, 6.45) is 1.22. The number of carbonyl (C=O) groups is 1. The highest BCUT2D eigenvalue weighted by Crippen LogP contribution is 2.17. The predicted molar refractivity (Wildman–Crippen MR) is 117 cm³/mol. The third kappa shape index (κ3) is 6.66. The molecular formula is C19H21BrN2O4S2. The minimum absolute atomic E-state index is 0.0593. The first kappa shape index (κ1) is 22.5. The largest absolute Gasteiger partial charge is 0.481 e. The van der Waals surface area contributed by atoms with Crippen LogP contribution >= 0.6 is 28.1 Å². The maximum absolute atomic E-state index is 12.7. The van der Waals surface area contributed by atoms with Gasteiger partial charge in [-0.1, -0.05) is 53.6 Å². The Hall–Kier alpha value is -1.81. The van der Waals surface area contributed by atoms with E-state index in [-0.39, 0.29) is 11.3 Å². The molecule has 0 fully saturated rings. The lowest BCUT2D eigenvalue weighted by molar-refractivity contribution is -0.136. The summed E-state index contributed by atoms with van der Waals surface area (Å²) < 4.78 is 28.8. The molecule has 150 valence electrons. The second-order valence-corrected chi connectivity index (χ2v) is 9.24. The Bertz CT molecular complexity index is 929. The Morgan fingerprint density at radius 3 is 2.29 bits per heavy atom. The zero-order valence-corrected chi connectivity index (χ0v) is 18.4. The number of carboxylic acids is 1. The Labute approximate surface area is 178 Å². The van der Waals surface area contributed by atoms with E-state index in [2.05, 4.69) is 26.0 Å². The quantitative estimate of drug-likeness (QED) is 0.466. The number of hydrogen-bond acceptors (Lipinski definition) is 4. The first-order valence-electron chi connectivity index (χ1n) is 8.60. The topological polar surface area (TPSA) is 95.5 Å². The van der Waals surface area contributed by atoms with E-state index in [1.807, 2.05) is 6.92 Å². The molecule has 1 atom stereocenters. The molecule has 2 aromatic carbocycles. The standard InChI is InChI=1S/C19H21BrN2O4S2/c1-2-3-17(22-28(25,26)16-10-6-14(20)7-11-16)19(27)21-15-8-4-13(5-9-15)12-18(23)24/h4-11,17,22H,2-3,12H2,1H3,(H,21,27)(H,23,24)/t17-/m0/s1. The maximum Gasteiger partial charge on any atom is 0.307 e. The Morgan fingerprint density at radius 2 is 1.75 bits per heavy atom. The molecule has 9 heteroatoms. The van der Waals surface area contributed by atoms with E-state index in [0.717, 1.165) is 10.9 Å². The van der Waals surface area contributed by atoms with Crippen LogP contribution in [0.25, 0.3) is 0 Å². The lowest BCUT2D eigenvalue weighted by Gasteiger charge is -2.20. The predicted octanol–water partition coefficient (Wildman–Crippen LogP) is 3.96. The lowest BCUT2D eigenvalue weighted by atomic mass is 10.1. The van der Waals surface area contributed by atoms with Gasteiger partial charge in [0.2, 0.25) is 10.0 Å². The highest BCUT2D eigenvalue weighted by Gasteiger charge is 2.23. The Kier molecular flexibility index (Phi) is 8.11. The number of carboxylic acid groups (broad SMARTS) is 1. The molecule has 0 heterocycles. The minimum Gasteiger partial charge on any atom is -0.481 e. The Balaban J connectivity index is 2.10. The molecule has 6 nitrogen and oxygen atoms in total. The molecule has 2 aromatic rings. The summed E-state index contributed by atoms with van der Waals surface area (Å²) in [5.41, 5.74) is 1.34. The van der Waals surface area contributed by atoms with Crippen LogP contribution < -0.4 is 10.0 Å². The van der Waals surface area contributed by atoms with Crippen molar-refractivity contribution < 1.29 is 18.3 Å². The van der Waals surface area contributed by atoms with Crippen LogP contribution in [0.15, 0.2) is 57.9 Å². The fraction of sp³-hybridized carbons (Fsp3) is 0.263. The molecule has 0 aliphatic rings. The smallest absolute Gasteiger partial charge is 0.307 e. The SMILES string of the molecule is CCC[C@H](NS(=O)(=O)c1ccc(Br)cc1)C(=S)Nc1ccc(CC(=O)O)cc1. The highest BCUT2D eigenvalue weighted by molar-refractivity contribution is 9.10. The zero-order valence-electron chi connectivity index (χ0n) is 15.2. The van der Waals surface area contributed by atoms with Gasteiger partial charge in [0.1, 0.15) is 0 Å². The summed E-state index contributed by atoms with van der Waals surface area (Å²) in [5, 5.41) is 11.9. The number of halogens is 1. The van der Waals surface area contributed by atoms with Gasteiger partial charge >= 0.3 is 5.97 Å². The molecule has 0 aliphatic heterocycles. The highest BCUT2D eigenvalue weighted by atomic mass is 79.9. The van der Waals surface area contributed by atoms with Gasteiger partial charge in [0.25, 0.3) is 0 Å². The molecule has 0 radical (unpaired) electrons. The first-order chi connectivity index (χ1) is 13.2. The molecule has 0 unspecified atom stereocenters. The van der Waals surface area contributed by atoms with Crippen molar-refractivity contribution in [1.29, 1.82) is 0 Å². The van der Waals surface area contributed by atoms with Gasteiger partial charge in [-0.05, 0) is 48.4 Å². The minimum atomic E-state index is -3.72. The lowest BCUT2D eigenvalue weighted by Crippen LogP contribution is -2.42. The van der Waals surface area contributed by atoms with Crippen molar-refractivity contribution in [2.75, 3.05) is 5.32 Å². The summed E-state index contributed by atoms with van der Waals surface area (Å²) in [7, 11) is -3.72. The molecule has 28 heavy (non-hydrogen) atoms. The molecular weight excluding hydrogens is 464 g/mol. The molecule has 0 aliphatic carbocycles. The number of benzene rings is 2. The summed E-state index contributed by atoms with van der Waals surface area (Å²) in [4.78, 5) is 11.3. The second kappa shape index (κ2) is 10.1. The van der Waals surface area contributed by atoms with Crippen molar-refractivity contribution in [3.05, 3.63) is 58.6 Å². The fourth-order valence-electron chi connectivity index (χ4n) is 2.51. The van der Waals surface area contributed by atoms with Gasteiger partial charge in [-0.2, -0.15) is 0 Å². The van der Waals surface area contributed by atoms with Gasteiger partial charge < -0.3 is 10.4 Å². The van der Waals surface area contributed by atoms with Gasteiger partial charge in [0.15, 0.2) is 0 Å². The zero-order chi connectivity index (χ0) is 20.7. The van der Waals surface area contributed by atoms with Gasteiger partial charge in [-0.25, -0.2) is 13.1 Å². The van der Waals surface area contributed by atoms with E-state index >= 15 is 0 Å². The van der Waals surface area contributed by atoms with Crippen LogP contribution in [0, 0.1) is 0 Å². The third-order valence-electron chi connectivity index (χ3n) is 3.89. The summed E-state index contributed by atoms with van der Waals surface area (Å²) in [6.45, 7) is 1.95.